The minimum absolute atomic E-state index is 0.139. The lowest BCUT2D eigenvalue weighted by Gasteiger charge is -2.48. The van der Waals surface area contributed by atoms with Gasteiger partial charge >= 0.3 is 0 Å². The summed E-state index contributed by atoms with van der Waals surface area (Å²) in [7, 11) is 0. The van der Waals surface area contributed by atoms with Crippen molar-refractivity contribution in [2.45, 2.75) is 32.2 Å². The van der Waals surface area contributed by atoms with E-state index in [4.69, 9.17) is 0 Å². The Bertz CT molecular complexity index is 723. The van der Waals surface area contributed by atoms with E-state index in [1.165, 1.54) is 0 Å². The first-order valence-electron chi connectivity index (χ1n) is 8.94. The Labute approximate surface area is 147 Å². The third-order valence-electron chi connectivity index (χ3n) is 5.32. The molecule has 0 radical (unpaired) electrons. The van der Waals surface area contributed by atoms with E-state index in [2.05, 4.69) is 19.9 Å². The summed E-state index contributed by atoms with van der Waals surface area (Å²) in [6.07, 6.45) is 9.22. The minimum atomic E-state index is 0.139. The van der Waals surface area contributed by atoms with Gasteiger partial charge in [0.1, 0.15) is 0 Å². The second-order valence-electron chi connectivity index (χ2n) is 7.14. The van der Waals surface area contributed by atoms with Crippen LogP contribution in [0.25, 0.3) is 0 Å². The van der Waals surface area contributed by atoms with Crippen LogP contribution in [0.15, 0.2) is 42.9 Å². The summed E-state index contributed by atoms with van der Waals surface area (Å²) in [6.45, 7) is 3.30. The third-order valence-corrected chi connectivity index (χ3v) is 5.32. The highest BCUT2D eigenvalue weighted by atomic mass is 16.2. The van der Waals surface area contributed by atoms with Gasteiger partial charge in [-0.25, -0.2) is 9.97 Å². The van der Waals surface area contributed by atoms with Crippen LogP contribution in [0.4, 0.5) is 5.95 Å². The molecule has 2 aliphatic rings. The van der Waals surface area contributed by atoms with Crippen LogP contribution in [-0.4, -0.2) is 45.4 Å². The number of anilines is 1. The normalized spacial score (nSPS) is 23.9. The molecule has 0 unspecified atom stereocenters. The predicted molar refractivity (Wildman–Crippen MR) is 94.8 cm³/mol. The molecule has 6 heteroatoms. The van der Waals surface area contributed by atoms with Crippen molar-refractivity contribution >= 4 is 11.9 Å². The highest BCUT2D eigenvalue weighted by Crippen LogP contribution is 2.39. The number of hydrogen-bond donors (Lipinski definition) is 0. The van der Waals surface area contributed by atoms with Crippen molar-refractivity contribution in [2.24, 2.45) is 5.41 Å². The molecule has 2 aromatic rings. The number of rotatable bonds is 3. The van der Waals surface area contributed by atoms with Crippen molar-refractivity contribution in [3.05, 3.63) is 48.5 Å². The Morgan fingerprint density at radius 1 is 1.00 bits per heavy atom. The topological polar surface area (TPSA) is 62.2 Å². The van der Waals surface area contributed by atoms with E-state index >= 15 is 0 Å². The van der Waals surface area contributed by atoms with Crippen LogP contribution in [0.3, 0.4) is 0 Å². The number of hydrogen-bond acceptors (Lipinski definition) is 5. The lowest BCUT2D eigenvalue weighted by Crippen LogP contribution is -2.54. The molecule has 4 heterocycles. The number of pyridine rings is 1. The fourth-order valence-electron chi connectivity index (χ4n) is 4.10. The second kappa shape index (κ2) is 6.78. The zero-order valence-corrected chi connectivity index (χ0v) is 14.3. The van der Waals surface area contributed by atoms with Gasteiger partial charge in [-0.15, -0.1) is 0 Å². The van der Waals surface area contributed by atoms with E-state index in [-0.39, 0.29) is 11.3 Å². The van der Waals surface area contributed by atoms with Crippen LogP contribution in [0, 0.1) is 5.41 Å². The molecule has 2 saturated heterocycles. The standard InChI is InChI=1S/C19H23N5O/c25-17-6-8-19(15-24(17)13-16-5-1-2-9-20-16)7-3-12-23(14-19)18-21-10-4-11-22-18/h1-2,4-5,9-11H,3,6-8,12-15H2/t19-/m1/s1. The Morgan fingerprint density at radius 2 is 1.84 bits per heavy atom. The van der Waals surface area contributed by atoms with Crippen molar-refractivity contribution in [2.75, 3.05) is 24.5 Å². The molecular formula is C19H23N5O. The summed E-state index contributed by atoms with van der Waals surface area (Å²) in [5, 5.41) is 0. The van der Waals surface area contributed by atoms with E-state index < -0.39 is 0 Å². The van der Waals surface area contributed by atoms with Crippen molar-refractivity contribution in [3.63, 3.8) is 0 Å². The fourth-order valence-corrected chi connectivity index (χ4v) is 4.10. The first-order chi connectivity index (χ1) is 12.2. The summed E-state index contributed by atoms with van der Waals surface area (Å²) >= 11 is 0. The van der Waals surface area contributed by atoms with Crippen molar-refractivity contribution in [1.82, 2.24) is 19.9 Å². The Hall–Kier alpha value is -2.50. The van der Waals surface area contributed by atoms with Gasteiger partial charge in [0.2, 0.25) is 11.9 Å². The molecule has 1 spiro atoms. The maximum absolute atomic E-state index is 12.4. The van der Waals surface area contributed by atoms with Crippen LogP contribution in [0.1, 0.15) is 31.4 Å². The number of amides is 1. The zero-order valence-electron chi connectivity index (χ0n) is 14.3. The fraction of sp³-hybridized carbons (Fsp3) is 0.474. The van der Waals surface area contributed by atoms with Crippen LogP contribution < -0.4 is 4.90 Å². The van der Waals surface area contributed by atoms with E-state index in [0.717, 1.165) is 50.5 Å². The Kier molecular flexibility index (Phi) is 4.34. The highest BCUT2D eigenvalue weighted by Gasteiger charge is 2.42. The van der Waals surface area contributed by atoms with E-state index in [1.54, 1.807) is 18.6 Å². The van der Waals surface area contributed by atoms with Crippen LogP contribution in [0.5, 0.6) is 0 Å². The third kappa shape index (κ3) is 3.48. The number of carbonyl (C=O) groups is 1. The molecule has 0 N–H and O–H groups in total. The number of aromatic nitrogens is 3. The molecule has 1 atom stereocenters. The van der Waals surface area contributed by atoms with Gasteiger partial charge in [0, 0.05) is 50.1 Å². The molecule has 2 aromatic heterocycles. The number of likely N-dealkylation sites (tertiary alicyclic amines) is 1. The molecule has 0 saturated carbocycles. The van der Waals surface area contributed by atoms with Gasteiger partial charge in [-0.2, -0.15) is 0 Å². The van der Waals surface area contributed by atoms with Gasteiger partial charge in [-0.05, 0) is 37.5 Å². The summed E-state index contributed by atoms with van der Waals surface area (Å²) < 4.78 is 0. The molecule has 6 nitrogen and oxygen atoms in total. The monoisotopic (exact) mass is 337 g/mol. The highest BCUT2D eigenvalue weighted by molar-refractivity contribution is 5.77. The van der Waals surface area contributed by atoms with Crippen molar-refractivity contribution in [1.29, 1.82) is 0 Å². The largest absolute Gasteiger partial charge is 0.340 e. The predicted octanol–water partition coefficient (Wildman–Crippen LogP) is 2.28. The summed E-state index contributed by atoms with van der Waals surface area (Å²) in [4.78, 5) is 29.9. The zero-order chi connectivity index (χ0) is 17.1. The van der Waals surface area contributed by atoms with Gasteiger partial charge in [0.15, 0.2) is 0 Å². The van der Waals surface area contributed by atoms with Crippen LogP contribution >= 0.6 is 0 Å². The first kappa shape index (κ1) is 16.0. The SMILES string of the molecule is O=C1CC[C@@]2(CCCN(c3ncccn3)C2)CN1Cc1ccccn1. The van der Waals surface area contributed by atoms with Gasteiger partial charge < -0.3 is 9.80 Å². The second-order valence-corrected chi connectivity index (χ2v) is 7.14. The Balaban J connectivity index is 1.50. The number of piperidine rings is 2. The molecule has 1 amide bonds. The van der Waals surface area contributed by atoms with Gasteiger partial charge in [0.05, 0.1) is 12.2 Å². The molecule has 0 aliphatic carbocycles. The van der Waals surface area contributed by atoms with Gasteiger partial charge in [-0.1, -0.05) is 6.07 Å². The van der Waals surface area contributed by atoms with E-state index in [0.29, 0.717) is 13.0 Å². The molecule has 130 valence electrons. The average molecular weight is 337 g/mol. The molecule has 0 aromatic carbocycles. The molecule has 2 fully saturated rings. The van der Waals surface area contributed by atoms with E-state index in [1.807, 2.05) is 29.2 Å². The lowest BCUT2D eigenvalue weighted by atomic mass is 9.73. The average Bonchev–Trinajstić information content (AvgIpc) is 2.67. The van der Waals surface area contributed by atoms with Gasteiger partial charge in [0.25, 0.3) is 0 Å². The molecule has 4 rings (SSSR count). The van der Waals surface area contributed by atoms with Gasteiger partial charge in [-0.3, -0.25) is 9.78 Å². The quantitative estimate of drug-likeness (QED) is 0.860. The van der Waals surface area contributed by atoms with Crippen molar-refractivity contribution in [3.8, 4) is 0 Å². The minimum Gasteiger partial charge on any atom is -0.340 e. The van der Waals surface area contributed by atoms with E-state index in [9.17, 15) is 4.79 Å². The molecular weight excluding hydrogens is 314 g/mol. The maximum atomic E-state index is 12.4. The smallest absolute Gasteiger partial charge is 0.225 e. The number of carbonyl (C=O) groups excluding carboxylic acids is 1. The number of nitrogens with zero attached hydrogens (tertiary/aromatic N) is 5. The summed E-state index contributed by atoms with van der Waals surface area (Å²) in [6, 6.07) is 7.71. The van der Waals surface area contributed by atoms with Crippen LogP contribution in [0.2, 0.25) is 0 Å². The van der Waals surface area contributed by atoms with Crippen LogP contribution in [-0.2, 0) is 11.3 Å². The summed E-state index contributed by atoms with van der Waals surface area (Å²) in [5.41, 5.74) is 1.09. The molecule has 0 bridgehead atoms. The summed E-state index contributed by atoms with van der Waals surface area (Å²) in [5.74, 6) is 1.04. The lowest BCUT2D eigenvalue weighted by molar-refractivity contribution is -0.138. The van der Waals surface area contributed by atoms with Crippen molar-refractivity contribution < 1.29 is 4.79 Å². The maximum Gasteiger partial charge on any atom is 0.225 e. The first-order valence-corrected chi connectivity index (χ1v) is 8.94. The Morgan fingerprint density at radius 3 is 2.64 bits per heavy atom. The molecule has 2 aliphatic heterocycles. The molecule has 25 heavy (non-hydrogen) atoms.